The van der Waals surface area contributed by atoms with E-state index in [-0.39, 0.29) is 5.57 Å². The first-order valence-electron chi connectivity index (χ1n) is 6.11. The van der Waals surface area contributed by atoms with E-state index in [2.05, 4.69) is 0 Å². The fourth-order valence-corrected chi connectivity index (χ4v) is 3.12. The molecule has 1 aromatic heterocycles. The number of hydrogen-bond donors (Lipinski definition) is 0. The van der Waals surface area contributed by atoms with E-state index in [4.69, 9.17) is 20.0 Å². The third-order valence-electron chi connectivity index (χ3n) is 3.06. The van der Waals surface area contributed by atoms with Gasteiger partial charge in [-0.2, -0.15) is 10.5 Å². The van der Waals surface area contributed by atoms with Crippen LogP contribution in [-0.4, -0.2) is 13.2 Å². The summed E-state index contributed by atoms with van der Waals surface area (Å²) >= 11 is 1.59. The van der Waals surface area contributed by atoms with Crippen molar-refractivity contribution in [3.63, 3.8) is 0 Å². The van der Waals surface area contributed by atoms with Crippen molar-refractivity contribution in [2.75, 3.05) is 13.2 Å². The molecule has 0 atom stereocenters. The van der Waals surface area contributed by atoms with E-state index in [1.165, 1.54) is 0 Å². The normalized spacial score (nSPS) is 15.7. The van der Waals surface area contributed by atoms with Crippen LogP contribution < -0.4 is 9.47 Å². The van der Waals surface area contributed by atoms with Gasteiger partial charge in [0.15, 0.2) is 11.5 Å². The maximum Gasteiger partial charge on any atom is 0.179 e. The summed E-state index contributed by atoms with van der Waals surface area (Å²) < 4.78 is 11.2. The molecular formula is C15H10N2O2S. The van der Waals surface area contributed by atoms with Crippen LogP contribution in [0.1, 0.15) is 11.3 Å². The van der Waals surface area contributed by atoms with E-state index < -0.39 is 0 Å². The van der Waals surface area contributed by atoms with Gasteiger partial charge in [-0.05, 0) is 23.6 Å². The van der Waals surface area contributed by atoms with Crippen molar-refractivity contribution in [2.45, 2.75) is 6.42 Å². The zero-order valence-corrected chi connectivity index (χ0v) is 11.4. The molecule has 0 N–H and O–H groups in total. The average Bonchev–Trinajstić information content (AvgIpc) is 3.11. The molecule has 1 aromatic rings. The number of nitrogens with zero attached hydrogens (tertiary/aromatic N) is 2. The number of nitriles is 2. The molecule has 3 rings (SSSR count). The molecule has 0 unspecified atom stereocenters. The second-order valence-corrected chi connectivity index (χ2v) is 5.23. The topological polar surface area (TPSA) is 66.0 Å². The molecular weight excluding hydrogens is 272 g/mol. The van der Waals surface area contributed by atoms with Gasteiger partial charge in [0.1, 0.15) is 30.9 Å². The second-order valence-electron chi connectivity index (χ2n) is 4.35. The van der Waals surface area contributed by atoms with Crippen molar-refractivity contribution in [2.24, 2.45) is 0 Å². The molecule has 0 radical (unpaired) electrons. The van der Waals surface area contributed by atoms with Gasteiger partial charge in [0.25, 0.3) is 0 Å². The predicted molar refractivity (Wildman–Crippen MR) is 75.3 cm³/mol. The van der Waals surface area contributed by atoms with Gasteiger partial charge >= 0.3 is 0 Å². The minimum absolute atomic E-state index is 0.124. The van der Waals surface area contributed by atoms with Crippen LogP contribution in [-0.2, 0) is 0 Å². The lowest BCUT2D eigenvalue weighted by Crippen LogP contribution is -2.14. The quantitative estimate of drug-likeness (QED) is 0.781. The molecule has 0 aromatic carbocycles. The lowest BCUT2D eigenvalue weighted by Gasteiger charge is -2.16. The van der Waals surface area contributed by atoms with Crippen LogP contribution in [0.5, 0.6) is 11.5 Å². The smallest absolute Gasteiger partial charge is 0.179 e. The van der Waals surface area contributed by atoms with Crippen LogP contribution in [0.4, 0.5) is 0 Å². The Balaban J connectivity index is 1.80. The molecule has 0 amide bonds. The Morgan fingerprint density at radius 1 is 1.20 bits per heavy atom. The van der Waals surface area contributed by atoms with Gasteiger partial charge in [-0.15, -0.1) is 11.3 Å². The Morgan fingerprint density at radius 2 is 2.00 bits per heavy atom. The third-order valence-corrected chi connectivity index (χ3v) is 4.07. The molecule has 2 aliphatic rings. The molecule has 1 aliphatic carbocycles. The Kier molecular flexibility index (Phi) is 3.28. The number of allylic oxidation sites excluding steroid dienone is 6. The van der Waals surface area contributed by atoms with E-state index in [1.54, 1.807) is 17.4 Å². The van der Waals surface area contributed by atoms with Crippen molar-refractivity contribution >= 4 is 16.9 Å². The molecule has 0 saturated heterocycles. The molecule has 20 heavy (non-hydrogen) atoms. The van der Waals surface area contributed by atoms with Crippen LogP contribution >= 0.6 is 11.3 Å². The number of ether oxygens (including phenoxy) is 2. The summed E-state index contributed by atoms with van der Waals surface area (Å²) in [7, 11) is 0. The summed E-state index contributed by atoms with van der Waals surface area (Å²) in [6, 6.07) is 3.74. The number of hydrogen-bond acceptors (Lipinski definition) is 5. The van der Waals surface area contributed by atoms with Crippen LogP contribution in [0.3, 0.4) is 0 Å². The summed E-state index contributed by atoms with van der Waals surface area (Å²) in [5.74, 6) is 1.61. The first-order valence-corrected chi connectivity index (χ1v) is 6.99. The first kappa shape index (κ1) is 12.5. The molecule has 0 bridgehead atoms. The van der Waals surface area contributed by atoms with E-state index in [0.717, 1.165) is 27.5 Å². The SMILES string of the molecule is N#CC(C#N)=CC1=CC=C(c2scc3c2OCCO3)C1. The molecule has 2 heterocycles. The minimum Gasteiger partial charge on any atom is -0.485 e. The van der Waals surface area contributed by atoms with E-state index >= 15 is 0 Å². The number of fused-ring (bicyclic) bond motifs is 1. The van der Waals surface area contributed by atoms with Gasteiger partial charge in [0.2, 0.25) is 0 Å². The van der Waals surface area contributed by atoms with Crippen molar-refractivity contribution in [1.29, 1.82) is 10.5 Å². The zero-order chi connectivity index (χ0) is 13.9. The predicted octanol–water partition coefficient (Wildman–Crippen LogP) is 3.21. The third kappa shape index (κ3) is 2.20. The fourth-order valence-electron chi connectivity index (χ4n) is 2.16. The molecule has 5 heteroatoms. The summed E-state index contributed by atoms with van der Waals surface area (Å²) in [5.41, 5.74) is 2.21. The van der Waals surface area contributed by atoms with Crippen LogP contribution in [0.2, 0.25) is 0 Å². The lowest BCUT2D eigenvalue weighted by atomic mass is 10.1. The zero-order valence-electron chi connectivity index (χ0n) is 10.5. The average molecular weight is 282 g/mol. The molecule has 0 spiro atoms. The maximum atomic E-state index is 8.77. The van der Waals surface area contributed by atoms with Gasteiger partial charge in [0, 0.05) is 5.38 Å². The monoisotopic (exact) mass is 282 g/mol. The lowest BCUT2D eigenvalue weighted by molar-refractivity contribution is 0.173. The van der Waals surface area contributed by atoms with E-state index in [0.29, 0.717) is 19.6 Å². The Morgan fingerprint density at radius 3 is 2.80 bits per heavy atom. The fraction of sp³-hybridized carbons (Fsp3) is 0.200. The Hall–Kier alpha value is -2.50. The highest BCUT2D eigenvalue weighted by Crippen LogP contribution is 2.45. The van der Waals surface area contributed by atoms with Crippen LogP contribution in [0, 0.1) is 22.7 Å². The summed E-state index contributed by atoms with van der Waals surface area (Å²) in [5, 5.41) is 19.5. The number of thiophene rings is 1. The summed E-state index contributed by atoms with van der Waals surface area (Å²) in [4.78, 5) is 1.06. The van der Waals surface area contributed by atoms with Gasteiger partial charge in [-0.1, -0.05) is 12.2 Å². The Labute approximate surface area is 120 Å². The maximum absolute atomic E-state index is 8.77. The van der Waals surface area contributed by atoms with Gasteiger partial charge in [0.05, 0.1) is 4.88 Å². The van der Waals surface area contributed by atoms with E-state index in [1.807, 2.05) is 29.7 Å². The van der Waals surface area contributed by atoms with Gasteiger partial charge in [-0.3, -0.25) is 0 Å². The standard InChI is InChI=1S/C15H10N2O2S/c16-7-11(8-17)5-10-1-2-12(6-10)15-14-13(9-20-15)18-3-4-19-14/h1-2,5,9H,3-4,6H2. The number of rotatable bonds is 2. The summed E-state index contributed by atoms with van der Waals surface area (Å²) in [6.07, 6.45) is 6.26. The van der Waals surface area contributed by atoms with Crippen LogP contribution in [0.15, 0.2) is 34.8 Å². The van der Waals surface area contributed by atoms with Crippen molar-refractivity contribution < 1.29 is 9.47 Å². The first-order chi connectivity index (χ1) is 9.81. The minimum atomic E-state index is 0.124. The second kappa shape index (κ2) is 5.24. The largest absolute Gasteiger partial charge is 0.485 e. The van der Waals surface area contributed by atoms with Crippen molar-refractivity contribution in [1.82, 2.24) is 0 Å². The highest BCUT2D eigenvalue weighted by atomic mass is 32.1. The highest BCUT2D eigenvalue weighted by molar-refractivity contribution is 7.11. The molecule has 0 saturated carbocycles. The van der Waals surface area contributed by atoms with E-state index in [9.17, 15) is 0 Å². The molecule has 0 fully saturated rings. The molecule has 1 aliphatic heterocycles. The summed E-state index contributed by atoms with van der Waals surface area (Å²) in [6.45, 7) is 1.15. The van der Waals surface area contributed by atoms with Gasteiger partial charge in [-0.25, -0.2) is 0 Å². The molecule has 4 nitrogen and oxygen atoms in total. The van der Waals surface area contributed by atoms with Gasteiger partial charge < -0.3 is 9.47 Å². The highest BCUT2D eigenvalue weighted by Gasteiger charge is 2.22. The van der Waals surface area contributed by atoms with Crippen molar-refractivity contribution in [3.05, 3.63) is 39.6 Å². The Bertz CT molecular complexity index is 710. The van der Waals surface area contributed by atoms with Crippen LogP contribution in [0.25, 0.3) is 5.57 Å². The molecule has 98 valence electrons. The van der Waals surface area contributed by atoms with Crippen molar-refractivity contribution in [3.8, 4) is 23.6 Å².